The first-order chi connectivity index (χ1) is 14.0. The van der Waals surface area contributed by atoms with Gasteiger partial charge in [0.2, 0.25) is 0 Å². The molecule has 1 aliphatic heterocycles. The van der Waals surface area contributed by atoms with Crippen molar-refractivity contribution in [2.45, 2.75) is 19.4 Å². The van der Waals surface area contributed by atoms with Crippen LogP contribution in [0.1, 0.15) is 29.2 Å². The topological polar surface area (TPSA) is 76.1 Å². The Morgan fingerprint density at radius 2 is 1.83 bits per heavy atom. The van der Waals surface area contributed by atoms with Crippen LogP contribution in [0.25, 0.3) is 5.76 Å². The van der Waals surface area contributed by atoms with Crippen molar-refractivity contribution >= 4 is 17.4 Å². The van der Waals surface area contributed by atoms with Crippen molar-refractivity contribution in [2.75, 3.05) is 27.4 Å². The zero-order valence-electron chi connectivity index (χ0n) is 16.8. The molecule has 1 heterocycles. The average molecular weight is 395 g/mol. The molecule has 1 unspecified atom stereocenters. The third-order valence-corrected chi connectivity index (χ3v) is 5.09. The molecule has 6 heteroatoms. The van der Waals surface area contributed by atoms with E-state index in [0.717, 1.165) is 11.1 Å². The van der Waals surface area contributed by atoms with Crippen molar-refractivity contribution in [1.82, 2.24) is 4.90 Å². The highest BCUT2D eigenvalue weighted by Gasteiger charge is 2.45. The second-order valence-corrected chi connectivity index (χ2v) is 6.93. The van der Waals surface area contributed by atoms with E-state index in [1.54, 1.807) is 32.4 Å². The van der Waals surface area contributed by atoms with E-state index in [-0.39, 0.29) is 11.3 Å². The van der Waals surface area contributed by atoms with Crippen LogP contribution < -0.4 is 4.74 Å². The van der Waals surface area contributed by atoms with Gasteiger partial charge < -0.3 is 19.5 Å². The Hall–Kier alpha value is -3.12. The predicted molar refractivity (Wildman–Crippen MR) is 110 cm³/mol. The van der Waals surface area contributed by atoms with Gasteiger partial charge in [-0.25, -0.2) is 0 Å². The summed E-state index contributed by atoms with van der Waals surface area (Å²) in [4.78, 5) is 27.2. The molecule has 0 aliphatic carbocycles. The number of carbonyl (C=O) groups excluding carboxylic acids is 2. The van der Waals surface area contributed by atoms with E-state index in [1.807, 2.05) is 37.3 Å². The molecule has 1 aliphatic rings. The fourth-order valence-electron chi connectivity index (χ4n) is 3.65. The Kier molecular flexibility index (Phi) is 6.34. The SMILES string of the molecule is COCCCN1C(=O)C(=O)/C(=C(\O)c2ccc(OC)cc2C)C1c1ccccc1. The molecule has 1 saturated heterocycles. The molecular formula is C23H25NO5. The molecule has 3 rings (SSSR count). The number of aryl methyl sites for hydroxylation is 1. The van der Waals surface area contributed by atoms with Crippen molar-refractivity contribution in [3.63, 3.8) is 0 Å². The van der Waals surface area contributed by atoms with E-state index >= 15 is 0 Å². The largest absolute Gasteiger partial charge is 0.507 e. The Morgan fingerprint density at radius 3 is 2.45 bits per heavy atom. The molecule has 1 fully saturated rings. The fraction of sp³-hybridized carbons (Fsp3) is 0.304. The van der Waals surface area contributed by atoms with E-state index in [1.165, 1.54) is 4.90 Å². The lowest BCUT2D eigenvalue weighted by Crippen LogP contribution is -2.31. The maximum atomic E-state index is 12.9. The number of hydrogen-bond donors (Lipinski definition) is 1. The lowest BCUT2D eigenvalue weighted by Gasteiger charge is -2.25. The third kappa shape index (κ3) is 4.03. The van der Waals surface area contributed by atoms with E-state index in [9.17, 15) is 14.7 Å². The quantitative estimate of drug-likeness (QED) is 0.336. The molecule has 0 aromatic heterocycles. The number of carbonyl (C=O) groups is 2. The second-order valence-electron chi connectivity index (χ2n) is 6.93. The lowest BCUT2D eigenvalue weighted by molar-refractivity contribution is -0.140. The molecule has 1 N–H and O–H groups in total. The van der Waals surface area contributed by atoms with Crippen LogP contribution >= 0.6 is 0 Å². The van der Waals surface area contributed by atoms with Crippen molar-refractivity contribution in [3.8, 4) is 5.75 Å². The highest BCUT2D eigenvalue weighted by Crippen LogP contribution is 2.40. The van der Waals surface area contributed by atoms with Gasteiger partial charge in [-0.2, -0.15) is 0 Å². The van der Waals surface area contributed by atoms with Gasteiger partial charge in [0, 0.05) is 25.8 Å². The van der Waals surface area contributed by atoms with Gasteiger partial charge in [-0.15, -0.1) is 0 Å². The third-order valence-electron chi connectivity index (χ3n) is 5.09. The van der Waals surface area contributed by atoms with Gasteiger partial charge in [-0.1, -0.05) is 30.3 Å². The van der Waals surface area contributed by atoms with Gasteiger partial charge in [-0.3, -0.25) is 9.59 Å². The number of ether oxygens (including phenoxy) is 2. The number of ketones is 1. The van der Waals surface area contributed by atoms with Gasteiger partial charge in [0.15, 0.2) is 0 Å². The molecule has 6 nitrogen and oxygen atoms in total. The second kappa shape index (κ2) is 8.92. The highest BCUT2D eigenvalue weighted by atomic mass is 16.5. The minimum atomic E-state index is -0.677. The van der Waals surface area contributed by atoms with Crippen LogP contribution in [0.5, 0.6) is 5.75 Å². The summed E-state index contributed by atoms with van der Waals surface area (Å²) in [6, 6.07) is 13.8. The molecule has 1 atom stereocenters. The number of aliphatic hydroxyl groups is 1. The van der Waals surface area contributed by atoms with E-state index in [2.05, 4.69) is 0 Å². The number of nitrogens with zero attached hydrogens (tertiary/aromatic N) is 1. The summed E-state index contributed by atoms with van der Waals surface area (Å²) in [6.07, 6.45) is 0.592. The number of Topliss-reactive ketones (excluding diaryl/α,β-unsaturated/α-hetero) is 1. The van der Waals surface area contributed by atoms with Crippen LogP contribution in [-0.2, 0) is 14.3 Å². The summed E-state index contributed by atoms with van der Waals surface area (Å²) in [5, 5.41) is 11.1. The summed E-state index contributed by atoms with van der Waals surface area (Å²) in [6.45, 7) is 2.65. The van der Waals surface area contributed by atoms with Crippen LogP contribution in [0.15, 0.2) is 54.1 Å². The summed E-state index contributed by atoms with van der Waals surface area (Å²) < 4.78 is 10.3. The van der Waals surface area contributed by atoms with Crippen LogP contribution in [0, 0.1) is 6.92 Å². The van der Waals surface area contributed by atoms with Crippen LogP contribution in [0.2, 0.25) is 0 Å². The normalized spacial score (nSPS) is 18.3. The first kappa shape index (κ1) is 20.6. The molecule has 2 aromatic rings. The molecule has 152 valence electrons. The van der Waals surface area contributed by atoms with E-state index in [0.29, 0.717) is 30.9 Å². The number of hydrogen-bond acceptors (Lipinski definition) is 5. The fourth-order valence-corrected chi connectivity index (χ4v) is 3.65. The van der Waals surface area contributed by atoms with E-state index in [4.69, 9.17) is 9.47 Å². The van der Waals surface area contributed by atoms with Crippen LogP contribution in [0.4, 0.5) is 0 Å². The lowest BCUT2D eigenvalue weighted by atomic mass is 9.94. The Morgan fingerprint density at radius 1 is 1.10 bits per heavy atom. The zero-order chi connectivity index (χ0) is 21.0. The smallest absolute Gasteiger partial charge is 0.295 e. The number of likely N-dealkylation sites (tertiary alicyclic amines) is 1. The van der Waals surface area contributed by atoms with Gasteiger partial charge in [0.25, 0.3) is 11.7 Å². The van der Waals surface area contributed by atoms with Gasteiger partial charge in [0.1, 0.15) is 11.5 Å². The molecule has 2 aromatic carbocycles. The Balaban J connectivity index is 2.12. The first-order valence-electron chi connectivity index (χ1n) is 9.47. The maximum absolute atomic E-state index is 12.9. The molecule has 1 amide bonds. The first-order valence-corrected chi connectivity index (χ1v) is 9.47. The minimum absolute atomic E-state index is 0.104. The van der Waals surface area contributed by atoms with Crippen molar-refractivity contribution < 1.29 is 24.2 Å². The molecule has 0 spiro atoms. The van der Waals surface area contributed by atoms with Crippen molar-refractivity contribution in [1.29, 1.82) is 0 Å². The van der Waals surface area contributed by atoms with Gasteiger partial charge in [0.05, 0.1) is 18.7 Å². The average Bonchev–Trinajstić information content (AvgIpc) is 2.99. The maximum Gasteiger partial charge on any atom is 0.295 e. The standard InChI is InChI=1S/C23H25NO5/c1-15-14-17(29-3)10-11-18(15)21(25)19-20(16-8-5-4-6-9-16)24(12-7-13-28-2)23(27)22(19)26/h4-6,8-11,14,20,25H,7,12-13H2,1-3H3/b21-19-. The van der Waals surface area contributed by atoms with Crippen molar-refractivity contribution in [2.24, 2.45) is 0 Å². The van der Waals surface area contributed by atoms with Crippen LogP contribution in [0.3, 0.4) is 0 Å². The summed E-state index contributed by atoms with van der Waals surface area (Å²) >= 11 is 0. The molecule has 0 bridgehead atoms. The van der Waals surface area contributed by atoms with E-state index < -0.39 is 17.7 Å². The number of amides is 1. The zero-order valence-corrected chi connectivity index (χ0v) is 16.8. The Labute approximate surface area is 170 Å². The number of aliphatic hydroxyl groups excluding tert-OH is 1. The summed E-state index contributed by atoms with van der Waals surface area (Å²) in [5.41, 5.74) is 2.13. The summed E-state index contributed by atoms with van der Waals surface area (Å²) in [5.74, 6) is -0.808. The monoisotopic (exact) mass is 395 g/mol. The summed E-state index contributed by atoms with van der Waals surface area (Å²) in [7, 11) is 3.16. The van der Waals surface area contributed by atoms with Gasteiger partial charge >= 0.3 is 0 Å². The molecule has 0 radical (unpaired) electrons. The van der Waals surface area contributed by atoms with Crippen molar-refractivity contribution in [3.05, 3.63) is 70.8 Å². The van der Waals surface area contributed by atoms with Gasteiger partial charge in [-0.05, 0) is 42.7 Å². The number of rotatable bonds is 7. The molecular weight excluding hydrogens is 370 g/mol. The number of benzene rings is 2. The molecule has 29 heavy (non-hydrogen) atoms. The molecule has 0 saturated carbocycles. The van der Waals surface area contributed by atoms with Crippen LogP contribution in [-0.4, -0.2) is 49.1 Å². The minimum Gasteiger partial charge on any atom is -0.507 e. The predicted octanol–water partition coefficient (Wildman–Crippen LogP) is 3.46. The number of methoxy groups -OCH3 is 2. The Bertz CT molecular complexity index is 936. The highest BCUT2D eigenvalue weighted by molar-refractivity contribution is 6.46.